The molecule has 1 aliphatic rings. The molecule has 0 atom stereocenters. The number of benzene rings is 2. The number of halogens is 1. The molecule has 0 radical (unpaired) electrons. The van der Waals surface area contributed by atoms with E-state index in [1.54, 1.807) is 0 Å². The van der Waals surface area contributed by atoms with Gasteiger partial charge in [-0.1, -0.05) is 28.1 Å². The molecule has 0 saturated heterocycles. The second-order valence-corrected chi connectivity index (χ2v) is 5.58. The number of ether oxygens (including phenoxy) is 1. The summed E-state index contributed by atoms with van der Waals surface area (Å²) < 4.78 is 5.88. The lowest BCUT2D eigenvalue weighted by Crippen LogP contribution is -2.07. The third kappa shape index (κ3) is 2.19. The van der Waals surface area contributed by atoms with E-state index in [0.29, 0.717) is 5.56 Å². The predicted octanol–water partition coefficient (Wildman–Crippen LogP) is 4.00. The largest absolute Gasteiger partial charge is 0.465 e. The van der Waals surface area contributed by atoms with Crippen LogP contribution in [-0.2, 0) is 17.6 Å². The van der Waals surface area contributed by atoms with Crippen molar-refractivity contribution in [2.45, 2.75) is 12.8 Å². The summed E-state index contributed by atoms with van der Waals surface area (Å²) in [6.45, 7) is 0. The van der Waals surface area contributed by atoms with E-state index < -0.39 is 0 Å². The van der Waals surface area contributed by atoms with Crippen LogP contribution in [0.1, 0.15) is 21.5 Å². The Morgan fingerprint density at radius 1 is 1.05 bits per heavy atom. The summed E-state index contributed by atoms with van der Waals surface area (Å²) >= 11 is 3.51. The van der Waals surface area contributed by atoms with Crippen LogP contribution in [0.4, 0.5) is 0 Å². The number of hydrogen-bond donors (Lipinski definition) is 0. The van der Waals surface area contributed by atoms with Gasteiger partial charge in [-0.25, -0.2) is 4.79 Å². The van der Waals surface area contributed by atoms with Crippen molar-refractivity contribution in [3.8, 4) is 11.1 Å². The van der Waals surface area contributed by atoms with Gasteiger partial charge in [0.15, 0.2) is 0 Å². The number of esters is 1. The Hall–Kier alpha value is -1.61. The summed E-state index contributed by atoms with van der Waals surface area (Å²) in [5.41, 5.74) is 5.69. The second kappa shape index (κ2) is 4.82. The molecule has 1 aliphatic carbocycles. The molecular formula is C16H13BrO2. The molecule has 0 spiro atoms. The van der Waals surface area contributed by atoms with E-state index in [4.69, 9.17) is 4.74 Å². The highest BCUT2D eigenvalue weighted by atomic mass is 79.9. The van der Waals surface area contributed by atoms with Gasteiger partial charge < -0.3 is 4.74 Å². The van der Waals surface area contributed by atoms with Crippen LogP contribution in [-0.4, -0.2) is 13.1 Å². The van der Waals surface area contributed by atoms with Gasteiger partial charge in [-0.05, 0) is 59.4 Å². The van der Waals surface area contributed by atoms with Crippen LogP contribution in [0.25, 0.3) is 11.1 Å². The molecule has 3 rings (SSSR count). The molecule has 19 heavy (non-hydrogen) atoms. The average Bonchev–Trinajstić information content (AvgIpc) is 2.45. The molecule has 0 bridgehead atoms. The molecule has 0 heterocycles. The lowest BCUT2D eigenvalue weighted by molar-refractivity contribution is 0.0600. The first kappa shape index (κ1) is 12.4. The van der Waals surface area contributed by atoms with E-state index in [9.17, 15) is 4.79 Å². The zero-order valence-electron chi connectivity index (χ0n) is 10.6. The van der Waals surface area contributed by atoms with Crippen molar-refractivity contribution in [1.29, 1.82) is 0 Å². The SMILES string of the molecule is COC(=O)c1ccc2c(c1)CCc1cc(Br)ccc1-2. The number of hydrogen-bond acceptors (Lipinski definition) is 2. The van der Waals surface area contributed by atoms with Gasteiger partial charge in [0.2, 0.25) is 0 Å². The van der Waals surface area contributed by atoms with E-state index >= 15 is 0 Å². The number of rotatable bonds is 1. The summed E-state index contributed by atoms with van der Waals surface area (Å²) in [5.74, 6) is -0.274. The second-order valence-electron chi connectivity index (χ2n) is 4.66. The predicted molar refractivity (Wildman–Crippen MR) is 78.3 cm³/mol. The van der Waals surface area contributed by atoms with Crippen LogP contribution in [0.15, 0.2) is 40.9 Å². The topological polar surface area (TPSA) is 26.3 Å². The van der Waals surface area contributed by atoms with Gasteiger partial charge in [-0.2, -0.15) is 0 Å². The fourth-order valence-corrected chi connectivity index (χ4v) is 3.02. The Bertz CT molecular complexity index is 662. The van der Waals surface area contributed by atoms with Crippen LogP contribution in [0.3, 0.4) is 0 Å². The highest BCUT2D eigenvalue weighted by molar-refractivity contribution is 9.10. The molecule has 2 aromatic carbocycles. The molecule has 0 aliphatic heterocycles. The minimum absolute atomic E-state index is 0.274. The third-order valence-corrected chi connectivity index (χ3v) is 4.04. The highest BCUT2D eigenvalue weighted by Crippen LogP contribution is 2.35. The minimum atomic E-state index is -0.274. The maximum Gasteiger partial charge on any atom is 0.337 e. The number of fused-ring (bicyclic) bond motifs is 3. The van der Waals surface area contributed by atoms with E-state index in [1.807, 2.05) is 18.2 Å². The van der Waals surface area contributed by atoms with Crippen LogP contribution in [0.2, 0.25) is 0 Å². The quantitative estimate of drug-likeness (QED) is 0.743. The maximum atomic E-state index is 11.6. The van der Waals surface area contributed by atoms with Crippen molar-refractivity contribution in [3.63, 3.8) is 0 Å². The van der Waals surface area contributed by atoms with Gasteiger partial charge in [-0.15, -0.1) is 0 Å². The van der Waals surface area contributed by atoms with Crippen molar-refractivity contribution in [1.82, 2.24) is 0 Å². The first-order chi connectivity index (χ1) is 9.19. The van der Waals surface area contributed by atoms with Crippen molar-refractivity contribution in [2.75, 3.05) is 7.11 Å². The molecule has 2 aromatic rings. The molecule has 0 fully saturated rings. The van der Waals surface area contributed by atoms with Crippen molar-refractivity contribution in [3.05, 3.63) is 57.6 Å². The molecule has 0 aromatic heterocycles. The summed E-state index contributed by atoms with van der Waals surface area (Å²) in [7, 11) is 1.41. The zero-order valence-corrected chi connectivity index (χ0v) is 12.2. The lowest BCUT2D eigenvalue weighted by atomic mass is 9.85. The molecule has 96 valence electrons. The van der Waals surface area contributed by atoms with Crippen LogP contribution < -0.4 is 0 Å². The van der Waals surface area contributed by atoms with E-state index in [0.717, 1.165) is 17.3 Å². The summed E-state index contributed by atoms with van der Waals surface area (Å²) in [5, 5.41) is 0. The van der Waals surface area contributed by atoms with E-state index in [1.165, 1.54) is 29.4 Å². The zero-order chi connectivity index (χ0) is 13.4. The average molecular weight is 317 g/mol. The van der Waals surface area contributed by atoms with Gasteiger partial charge in [0.1, 0.15) is 0 Å². The van der Waals surface area contributed by atoms with Crippen LogP contribution in [0.5, 0.6) is 0 Å². The van der Waals surface area contributed by atoms with Crippen molar-refractivity contribution < 1.29 is 9.53 Å². The van der Waals surface area contributed by atoms with E-state index in [2.05, 4.69) is 34.1 Å². The van der Waals surface area contributed by atoms with Crippen molar-refractivity contribution >= 4 is 21.9 Å². The standard InChI is InChI=1S/C16H13BrO2/c1-19-16(18)12-4-6-14-10(8-12)2-3-11-9-13(17)5-7-15(11)14/h4-9H,2-3H2,1H3. The molecule has 3 heteroatoms. The van der Waals surface area contributed by atoms with E-state index in [-0.39, 0.29) is 5.97 Å². The van der Waals surface area contributed by atoms with Gasteiger partial charge in [0.25, 0.3) is 0 Å². The smallest absolute Gasteiger partial charge is 0.337 e. The highest BCUT2D eigenvalue weighted by Gasteiger charge is 2.18. The van der Waals surface area contributed by atoms with Gasteiger partial charge >= 0.3 is 5.97 Å². The molecule has 0 unspecified atom stereocenters. The molecule has 2 nitrogen and oxygen atoms in total. The fraction of sp³-hybridized carbons (Fsp3) is 0.188. The summed E-state index contributed by atoms with van der Waals surface area (Å²) in [6.07, 6.45) is 1.97. The van der Waals surface area contributed by atoms with Gasteiger partial charge in [0, 0.05) is 4.47 Å². The summed E-state index contributed by atoms with van der Waals surface area (Å²) in [4.78, 5) is 11.6. The van der Waals surface area contributed by atoms with Crippen LogP contribution >= 0.6 is 15.9 Å². The molecule has 0 saturated carbocycles. The Morgan fingerprint density at radius 3 is 2.37 bits per heavy atom. The Kier molecular flexibility index (Phi) is 3.15. The number of aryl methyl sites for hydroxylation is 2. The van der Waals surface area contributed by atoms with Gasteiger partial charge in [0.05, 0.1) is 12.7 Å². The molecule has 0 amide bonds. The third-order valence-electron chi connectivity index (χ3n) is 3.55. The van der Waals surface area contributed by atoms with Crippen molar-refractivity contribution in [2.24, 2.45) is 0 Å². The number of carbonyl (C=O) groups excluding carboxylic acids is 1. The first-order valence-electron chi connectivity index (χ1n) is 6.19. The molecule has 0 N–H and O–H groups in total. The fourth-order valence-electron chi connectivity index (χ4n) is 2.61. The minimum Gasteiger partial charge on any atom is -0.465 e. The molecular weight excluding hydrogens is 304 g/mol. The lowest BCUT2D eigenvalue weighted by Gasteiger charge is -2.20. The monoisotopic (exact) mass is 316 g/mol. The maximum absolute atomic E-state index is 11.6. The Labute approximate surface area is 120 Å². The number of carbonyl (C=O) groups is 1. The Morgan fingerprint density at radius 2 is 1.68 bits per heavy atom. The number of methoxy groups -OCH3 is 1. The first-order valence-corrected chi connectivity index (χ1v) is 6.98. The summed E-state index contributed by atoms with van der Waals surface area (Å²) in [6, 6.07) is 12.2. The van der Waals surface area contributed by atoms with Crippen LogP contribution in [0, 0.1) is 0 Å². The normalized spacial score (nSPS) is 12.5. The van der Waals surface area contributed by atoms with Gasteiger partial charge in [-0.3, -0.25) is 0 Å². The Balaban J connectivity index is 2.10.